The van der Waals surface area contributed by atoms with E-state index in [0.29, 0.717) is 17.0 Å². The molecule has 2 unspecified atom stereocenters. The summed E-state index contributed by atoms with van der Waals surface area (Å²) in [6.45, 7) is 16.2. The number of benzene rings is 2. The summed E-state index contributed by atoms with van der Waals surface area (Å²) in [6.07, 6.45) is 5.36. The number of nitrogens with zero attached hydrogens (tertiary/aromatic N) is 2. The highest BCUT2D eigenvalue weighted by molar-refractivity contribution is 7.86. The van der Waals surface area contributed by atoms with Crippen LogP contribution >= 0.6 is 0 Å². The van der Waals surface area contributed by atoms with Crippen molar-refractivity contribution >= 4 is 27.0 Å². The molecule has 0 aromatic heterocycles. The summed E-state index contributed by atoms with van der Waals surface area (Å²) in [5, 5.41) is 1.91. The minimum Gasteiger partial charge on any atom is -0.453 e. The van der Waals surface area contributed by atoms with Gasteiger partial charge in [-0.1, -0.05) is 26.8 Å². The third kappa shape index (κ3) is 3.65. The van der Waals surface area contributed by atoms with E-state index in [9.17, 15) is 13.0 Å². The van der Waals surface area contributed by atoms with E-state index in [1.54, 1.807) is 0 Å². The first-order valence-electron chi connectivity index (χ1n) is 13.0. The van der Waals surface area contributed by atoms with E-state index in [0.717, 1.165) is 46.1 Å². The summed E-state index contributed by atoms with van der Waals surface area (Å²) in [5.41, 5.74) is 5.28. The van der Waals surface area contributed by atoms with Gasteiger partial charge in [0.15, 0.2) is 17.0 Å². The van der Waals surface area contributed by atoms with Crippen LogP contribution in [0.25, 0.3) is 11.1 Å². The van der Waals surface area contributed by atoms with Gasteiger partial charge in [0.1, 0.15) is 23.3 Å². The molecule has 2 atom stereocenters. The highest BCUT2D eigenvalue weighted by Crippen LogP contribution is 2.71. The highest BCUT2D eigenvalue weighted by atomic mass is 32.2. The van der Waals surface area contributed by atoms with Gasteiger partial charge in [-0.15, -0.1) is 0 Å². The van der Waals surface area contributed by atoms with Crippen LogP contribution < -0.4 is 20.0 Å². The molecule has 2 aliphatic carbocycles. The second kappa shape index (κ2) is 7.41. The highest BCUT2D eigenvalue weighted by Gasteiger charge is 2.60. The molecule has 2 aromatic carbocycles. The Morgan fingerprint density at radius 2 is 1.78 bits per heavy atom. The molecule has 6 nitrogen and oxygen atoms in total. The minimum absolute atomic E-state index is 0.0107. The summed E-state index contributed by atoms with van der Waals surface area (Å²) in [7, 11) is -4.20. The van der Waals surface area contributed by atoms with Gasteiger partial charge < -0.3 is 4.74 Å². The number of hydrogen-bond acceptors (Lipinski definition) is 4. The molecule has 0 bridgehead atoms. The first-order chi connectivity index (χ1) is 17.1. The van der Waals surface area contributed by atoms with Crippen LogP contribution in [-0.2, 0) is 10.1 Å². The van der Waals surface area contributed by atoms with Crippen molar-refractivity contribution < 1.29 is 17.7 Å². The third-order valence-corrected chi connectivity index (χ3v) is 9.95. The topological polar surface area (TPSA) is 79.0 Å². The molecule has 37 heavy (non-hydrogen) atoms. The fraction of sp³-hybridized carbons (Fsp3) is 0.467. The van der Waals surface area contributed by atoms with Crippen LogP contribution in [0, 0.1) is 10.8 Å². The SMILES string of the molecule is CC[N+]1=c2cc3c(cc2C(C)=CC1(C)C)=Nc1cc2c(cc1O3)C1CC1(C)C(C)(C)C=C2CS(=O)(=O)O. The Kier molecular flexibility index (Phi) is 4.92. The number of allylic oxidation sites excluding steroid dienone is 2. The van der Waals surface area contributed by atoms with E-state index < -0.39 is 15.9 Å². The summed E-state index contributed by atoms with van der Waals surface area (Å²) in [5.74, 6) is 1.30. The number of fused-ring (bicyclic) bond motifs is 6. The first-order valence-corrected chi connectivity index (χ1v) is 14.6. The largest absolute Gasteiger partial charge is 0.453 e. The molecule has 7 heteroatoms. The van der Waals surface area contributed by atoms with Gasteiger partial charge in [0.25, 0.3) is 10.1 Å². The lowest BCUT2D eigenvalue weighted by Gasteiger charge is -2.29. The molecule has 1 N–H and O–H groups in total. The quantitative estimate of drug-likeness (QED) is 0.378. The lowest BCUT2D eigenvalue weighted by molar-refractivity contribution is 0.274. The van der Waals surface area contributed by atoms with Crippen molar-refractivity contribution in [1.82, 2.24) is 4.58 Å². The molecule has 0 saturated heterocycles. The van der Waals surface area contributed by atoms with Gasteiger partial charge >= 0.3 is 0 Å². The summed E-state index contributed by atoms with van der Waals surface area (Å²) in [6, 6.07) is 8.21. The van der Waals surface area contributed by atoms with Crippen molar-refractivity contribution in [3.05, 3.63) is 63.8 Å². The van der Waals surface area contributed by atoms with Gasteiger partial charge in [-0.3, -0.25) is 4.55 Å². The first kappa shape index (κ1) is 24.6. The lowest BCUT2D eigenvalue weighted by Crippen LogP contribution is -2.49. The summed E-state index contributed by atoms with van der Waals surface area (Å²) in [4.78, 5) is 4.99. The Labute approximate surface area is 218 Å². The van der Waals surface area contributed by atoms with E-state index in [4.69, 9.17) is 9.73 Å². The van der Waals surface area contributed by atoms with Gasteiger partial charge in [-0.05, 0) is 83.6 Å². The van der Waals surface area contributed by atoms with Crippen molar-refractivity contribution in [2.45, 2.75) is 66.3 Å². The number of rotatable bonds is 3. The average Bonchev–Trinajstić information content (AvgIpc) is 3.48. The van der Waals surface area contributed by atoms with Crippen LogP contribution in [0.5, 0.6) is 11.5 Å². The van der Waals surface area contributed by atoms with E-state index in [2.05, 4.69) is 77.3 Å². The predicted molar refractivity (Wildman–Crippen MR) is 147 cm³/mol. The molecule has 2 aromatic rings. The van der Waals surface area contributed by atoms with Crippen LogP contribution in [0.2, 0.25) is 0 Å². The normalized spacial score (nSPS) is 26.1. The van der Waals surface area contributed by atoms with Crippen LogP contribution in [0.15, 0.2) is 41.4 Å². The third-order valence-electron chi connectivity index (χ3n) is 9.27. The molecular formula is C30H35N2O4S+. The van der Waals surface area contributed by atoms with Crippen molar-refractivity contribution in [3.8, 4) is 11.5 Å². The Morgan fingerprint density at radius 1 is 1.05 bits per heavy atom. The predicted octanol–water partition coefficient (Wildman–Crippen LogP) is 5.25. The van der Waals surface area contributed by atoms with E-state index in [1.807, 2.05) is 12.1 Å². The molecule has 0 spiro atoms. The van der Waals surface area contributed by atoms with Crippen LogP contribution in [0.4, 0.5) is 5.69 Å². The zero-order valence-electron chi connectivity index (χ0n) is 22.6. The van der Waals surface area contributed by atoms with Crippen molar-refractivity contribution in [3.63, 3.8) is 0 Å². The van der Waals surface area contributed by atoms with E-state index in [1.165, 1.54) is 5.57 Å². The number of likely N-dealkylation sites (N-methyl/N-ethyl adjacent to an activating group) is 1. The minimum atomic E-state index is -4.20. The van der Waals surface area contributed by atoms with Gasteiger partial charge in [-0.2, -0.15) is 8.42 Å². The van der Waals surface area contributed by atoms with Crippen LogP contribution in [0.1, 0.15) is 77.5 Å². The smallest absolute Gasteiger partial charge is 0.269 e. The molecule has 0 radical (unpaired) electrons. The maximum Gasteiger partial charge on any atom is 0.269 e. The zero-order valence-corrected chi connectivity index (χ0v) is 23.5. The van der Waals surface area contributed by atoms with Crippen molar-refractivity contribution in [1.29, 1.82) is 0 Å². The van der Waals surface area contributed by atoms with Crippen molar-refractivity contribution in [2.24, 2.45) is 15.8 Å². The van der Waals surface area contributed by atoms with E-state index in [-0.39, 0.29) is 22.3 Å². The molecule has 1 saturated carbocycles. The van der Waals surface area contributed by atoms with Crippen molar-refractivity contribution in [2.75, 3.05) is 12.3 Å². The fourth-order valence-electron chi connectivity index (χ4n) is 6.93. The summed E-state index contributed by atoms with van der Waals surface area (Å²) >= 11 is 0. The average molecular weight is 520 g/mol. The van der Waals surface area contributed by atoms with Crippen LogP contribution in [-0.4, -0.2) is 30.8 Å². The van der Waals surface area contributed by atoms with Gasteiger partial charge in [0.2, 0.25) is 5.36 Å². The maximum atomic E-state index is 12.0. The summed E-state index contributed by atoms with van der Waals surface area (Å²) < 4.78 is 42.6. The number of hydrogen-bond donors (Lipinski definition) is 1. The second-order valence-corrected chi connectivity index (χ2v) is 13.9. The molecule has 0 amide bonds. The maximum absolute atomic E-state index is 12.0. The fourth-order valence-corrected chi connectivity index (χ4v) is 7.56. The molecule has 2 heterocycles. The molecule has 6 rings (SSSR count). The molecule has 2 aliphatic heterocycles. The Balaban J connectivity index is 1.57. The monoisotopic (exact) mass is 519 g/mol. The van der Waals surface area contributed by atoms with E-state index >= 15 is 0 Å². The lowest BCUT2D eigenvalue weighted by atomic mass is 9.75. The Bertz CT molecular complexity index is 1700. The standard InChI is InChI=1S/C30H34N2O4S/c1-8-32-25-12-27-23(9-19(25)17(2)13-29(32,5)6)31-24-10-20-18(16-37(33,34)35)14-28(3,4)30(7)15-22(30)21(20)11-26(24)36-27/h9-14,22H,8,15-16H2,1-7H3/p+1. The Morgan fingerprint density at radius 3 is 2.46 bits per heavy atom. The number of ether oxygens (including phenoxy) is 1. The van der Waals surface area contributed by atoms with Crippen LogP contribution in [0.3, 0.4) is 0 Å². The van der Waals surface area contributed by atoms with Gasteiger partial charge in [0.05, 0.1) is 11.6 Å². The molecule has 194 valence electrons. The van der Waals surface area contributed by atoms with Gasteiger partial charge in [-0.25, -0.2) is 9.57 Å². The van der Waals surface area contributed by atoms with Gasteiger partial charge in [0, 0.05) is 13.8 Å². The Hall–Kier alpha value is -2.77. The molecule has 4 aliphatic rings. The molecule has 1 fully saturated rings. The zero-order chi connectivity index (χ0) is 26.7. The second-order valence-electron chi connectivity index (χ2n) is 12.5. The molecular weight excluding hydrogens is 484 g/mol.